The number of carboxylic acid groups (broad SMARTS) is 1. The van der Waals surface area contributed by atoms with Gasteiger partial charge in [0.1, 0.15) is 0 Å². The average molecular weight is 451 g/mol. The van der Waals surface area contributed by atoms with Crippen molar-refractivity contribution in [3.63, 3.8) is 0 Å². The fourth-order valence-corrected chi connectivity index (χ4v) is 2.58. The number of aryl methyl sites for hydroxylation is 1. The van der Waals surface area contributed by atoms with Crippen LogP contribution < -0.4 is 0 Å². The molecule has 1 aromatic carbocycles. The van der Waals surface area contributed by atoms with Crippen molar-refractivity contribution in [3.05, 3.63) is 32.1 Å². The fraction of sp³-hybridized carbons (Fsp3) is 0.308. The number of carboxylic acids is 1. The van der Waals surface area contributed by atoms with Crippen LogP contribution in [0.2, 0.25) is 0 Å². The first-order valence-electron chi connectivity index (χ1n) is 6.06. The molecule has 20 heavy (non-hydrogen) atoms. The van der Waals surface area contributed by atoms with Gasteiger partial charge in [-0.1, -0.05) is 0 Å². The van der Waals surface area contributed by atoms with Gasteiger partial charge < -0.3 is 9.52 Å². The molecule has 7 heteroatoms. The third-order valence-electron chi connectivity index (χ3n) is 2.66. The first-order valence-corrected chi connectivity index (χ1v) is 7.93. The Labute approximate surface area is 138 Å². The van der Waals surface area contributed by atoms with E-state index in [0.717, 1.165) is 20.0 Å². The zero-order chi connectivity index (χ0) is 14.5. The second-order valence-electron chi connectivity index (χ2n) is 4.23. The highest BCUT2D eigenvalue weighted by Gasteiger charge is 2.12. The number of hydrogen-bond donors (Lipinski definition) is 1. The van der Waals surface area contributed by atoms with Crippen LogP contribution in [-0.4, -0.2) is 21.3 Å². The molecule has 0 bridgehead atoms. The molecule has 0 saturated heterocycles. The van der Waals surface area contributed by atoms with Gasteiger partial charge in [0.05, 0.1) is 5.56 Å². The molecule has 0 radical (unpaired) electrons. The third kappa shape index (κ3) is 4.27. The van der Waals surface area contributed by atoms with Crippen molar-refractivity contribution in [2.75, 3.05) is 0 Å². The molecule has 1 aromatic heterocycles. The summed E-state index contributed by atoms with van der Waals surface area (Å²) in [7, 11) is 0. The lowest BCUT2D eigenvalue weighted by Gasteiger charge is -1.99. The van der Waals surface area contributed by atoms with Crippen LogP contribution >= 0.6 is 38.5 Å². The Bertz CT molecular complexity index is 615. The van der Waals surface area contributed by atoms with Gasteiger partial charge in [0, 0.05) is 20.9 Å². The van der Waals surface area contributed by atoms with Crippen LogP contribution in [0, 0.1) is 3.57 Å². The molecule has 5 nitrogen and oxygen atoms in total. The first kappa shape index (κ1) is 15.4. The van der Waals surface area contributed by atoms with Crippen LogP contribution in [0.3, 0.4) is 0 Å². The maximum absolute atomic E-state index is 10.4. The molecule has 1 N–H and O–H groups in total. The molecule has 2 rings (SSSR count). The van der Waals surface area contributed by atoms with Crippen molar-refractivity contribution in [1.29, 1.82) is 0 Å². The van der Waals surface area contributed by atoms with Gasteiger partial charge in [0.25, 0.3) is 0 Å². The summed E-state index contributed by atoms with van der Waals surface area (Å²) < 4.78 is 7.60. The SMILES string of the molecule is O=C(O)CCCCc1nnc(-c2cc(I)ccc2Br)o1. The van der Waals surface area contributed by atoms with Crippen molar-refractivity contribution in [3.8, 4) is 11.5 Å². The minimum atomic E-state index is -0.779. The van der Waals surface area contributed by atoms with E-state index < -0.39 is 5.97 Å². The second kappa shape index (κ2) is 7.16. The van der Waals surface area contributed by atoms with E-state index in [1.807, 2.05) is 18.2 Å². The lowest BCUT2D eigenvalue weighted by Crippen LogP contribution is -1.95. The highest BCUT2D eigenvalue weighted by molar-refractivity contribution is 14.1. The number of hydrogen-bond acceptors (Lipinski definition) is 4. The summed E-state index contributed by atoms with van der Waals surface area (Å²) >= 11 is 5.68. The average Bonchev–Trinajstić information content (AvgIpc) is 2.86. The zero-order valence-corrected chi connectivity index (χ0v) is 14.2. The topological polar surface area (TPSA) is 76.2 Å². The van der Waals surface area contributed by atoms with E-state index >= 15 is 0 Å². The standard InChI is InChI=1S/C13H12BrIN2O3/c14-10-6-5-8(15)7-9(10)13-17-16-11(20-13)3-1-2-4-12(18)19/h5-7H,1-4H2,(H,18,19). The third-order valence-corrected chi connectivity index (χ3v) is 4.02. The molecule has 0 saturated carbocycles. The monoisotopic (exact) mass is 450 g/mol. The van der Waals surface area contributed by atoms with Crippen LogP contribution in [0.1, 0.15) is 25.2 Å². The Balaban J connectivity index is 2.01. The molecule has 0 unspecified atom stereocenters. The largest absolute Gasteiger partial charge is 0.481 e. The van der Waals surface area contributed by atoms with E-state index in [0.29, 0.717) is 24.6 Å². The van der Waals surface area contributed by atoms with Crippen LogP contribution in [0.15, 0.2) is 27.1 Å². The first-order chi connectivity index (χ1) is 9.56. The van der Waals surface area contributed by atoms with Crippen LogP contribution in [0.25, 0.3) is 11.5 Å². The summed E-state index contributed by atoms with van der Waals surface area (Å²) in [6.07, 6.45) is 2.10. The molecule has 0 aliphatic rings. The summed E-state index contributed by atoms with van der Waals surface area (Å²) in [6.45, 7) is 0. The summed E-state index contributed by atoms with van der Waals surface area (Å²) in [5.74, 6) is 0.235. The molecule has 2 aromatic rings. The molecule has 0 atom stereocenters. The van der Waals surface area contributed by atoms with E-state index in [2.05, 4.69) is 48.7 Å². The molecule has 0 fully saturated rings. The number of halogens is 2. The molecule has 0 spiro atoms. The Morgan fingerprint density at radius 2 is 2.15 bits per heavy atom. The Kier molecular flexibility index (Phi) is 5.53. The normalized spacial score (nSPS) is 10.7. The van der Waals surface area contributed by atoms with Gasteiger partial charge in [-0.25, -0.2) is 0 Å². The van der Waals surface area contributed by atoms with E-state index in [9.17, 15) is 4.79 Å². The van der Waals surface area contributed by atoms with Gasteiger partial charge in [0.2, 0.25) is 11.8 Å². The smallest absolute Gasteiger partial charge is 0.303 e. The van der Waals surface area contributed by atoms with Gasteiger partial charge >= 0.3 is 5.97 Å². The highest BCUT2D eigenvalue weighted by Crippen LogP contribution is 2.29. The van der Waals surface area contributed by atoms with E-state index in [1.54, 1.807) is 0 Å². The number of benzene rings is 1. The summed E-state index contributed by atoms with van der Waals surface area (Å²) in [4.78, 5) is 10.4. The van der Waals surface area contributed by atoms with Gasteiger partial charge in [-0.05, 0) is 69.6 Å². The lowest BCUT2D eigenvalue weighted by molar-refractivity contribution is -0.137. The summed E-state index contributed by atoms with van der Waals surface area (Å²) in [5.41, 5.74) is 0.862. The predicted molar refractivity (Wildman–Crippen MR) is 85.3 cm³/mol. The molecule has 0 aliphatic heterocycles. The number of aromatic nitrogens is 2. The fourth-order valence-electron chi connectivity index (χ4n) is 1.68. The van der Waals surface area contributed by atoms with Crippen molar-refractivity contribution in [2.24, 2.45) is 0 Å². The molecule has 106 valence electrons. The highest BCUT2D eigenvalue weighted by atomic mass is 127. The molecule has 1 heterocycles. The second-order valence-corrected chi connectivity index (χ2v) is 6.33. The van der Waals surface area contributed by atoms with Crippen molar-refractivity contribution in [2.45, 2.75) is 25.7 Å². The molecule has 0 amide bonds. The maximum atomic E-state index is 10.4. The zero-order valence-electron chi connectivity index (χ0n) is 10.5. The number of carbonyl (C=O) groups is 1. The number of rotatable bonds is 6. The maximum Gasteiger partial charge on any atom is 0.303 e. The van der Waals surface area contributed by atoms with Crippen LogP contribution in [0.4, 0.5) is 0 Å². The molecule has 0 aliphatic carbocycles. The number of nitrogens with zero attached hydrogens (tertiary/aromatic N) is 2. The van der Waals surface area contributed by atoms with Crippen LogP contribution in [0.5, 0.6) is 0 Å². The van der Waals surface area contributed by atoms with E-state index in [1.165, 1.54) is 0 Å². The summed E-state index contributed by atoms with van der Waals surface area (Å²) in [5, 5.41) is 16.6. The van der Waals surface area contributed by atoms with Crippen LogP contribution in [-0.2, 0) is 11.2 Å². The quantitative estimate of drug-likeness (QED) is 0.533. The van der Waals surface area contributed by atoms with Crippen molar-refractivity contribution < 1.29 is 14.3 Å². The summed E-state index contributed by atoms with van der Waals surface area (Å²) in [6, 6.07) is 5.89. The number of aliphatic carboxylic acids is 1. The van der Waals surface area contributed by atoms with Gasteiger partial charge in [-0.2, -0.15) is 0 Å². The molecular weight excluding hydrogens is 439 g/mol. The Hall–Kier alpha value is -0.960. The van der Waals surface area contributed by atoms with Crippen molar-refractivity contribution >= 4 is 44.5 Å². The Morgan fingerprint density at radius 3 is 2.90 bits per heavy atom. The van der Waals surface area contributed by atoms with Gasteiger partial charge in [-0.3, -0.25) is 4.79 Å². The minimum Gasteiger partial charge on any atom is -0.481 e. The van der Waals surface area contributed by atoms with E-state index in [-0.39, 0.29) is 6.42 Å². The predicted octanol–water partition coefficient (Wildman–Crippen LogP) is 3.90. The van der Waals surface area contributed by atoms with E-state index in [4.69, 9.17) is 9.52 Å². The minimum absolute atomic E-state index is 0.170. The molecular formula is C13H12BrIN2O3. The van der Waals surface area contributed by atoms with Gasteiger partial charge in [-0.15, -0.1) is 10.2 Å². The number of unbranched alkanes of at least 4 members (excludes halogenated alkanes) is 1. The van der Waals surface area contributed by atoms with Crippen molar-refractivity contribution in [1.82, 2.24) is 10.2 Å². The Morgan fingerprint density at radius 1 is 1.35 bits per heavy atom. The van der Waals surface area contributed by atoms with Gasteiger partial charge in [0.15, 0.2) is 0 Å². The lowest BCUT2D eigenvalue weighted by atomic mass is 10.2.